The Bertz CT molecular complexity index is 394. The maximum Gasteiger partial charge on any atom is 0.337 e. The van der Waals surface area contributed by atoms with Crippen LogP contribution in [0, 0.1) is 0 Å². The van der Waals surface area contributed by atoms with Crippen molar-refractivity contribution in [3.8, 4) is 11.5 Å². The van der Waals surface area contributed by atoms with Crippen molar-refractivity contribution in [3.05, 3.63) is 23.8 Å². The molecular weight excluding hydrogens is 304 g/mol. The smallest absolute Gasteiger partial charge is 0.337 e. The molecule has 0 atom stereocenters. The Morgan fingerprint density at radius 1 is 1.14 bits per heavy atom. The first-order valence-electron chi connectivity index (χ1n) is 7.59. The molecule has 0 radical (unpaired) electrons. The molecule has 0 aromatic heterocycles. The fraction of sp³-hybridized carbons (Fsp3) is 0.588. The molecule has 0 aliphatic rings. The molecule has 0 heterocycles. The molecule has 0 amide bonds. The van der Waals surface area contributed by atoms with Crippen LogP contribution in [0.25, 0.3) is 0 Å². The highest BCUT2D eigenvalue weighted by Crippen LogP contribution is 2.28. The minimum absolute atomic E-state index is 0.408. The minimum atomic E-state index is -0.408. The van der Waals surface area contributed by atoms with Crippen LogP contribution in [0.4, 0.5) is 0 Å². The Labute approximate surface area is 139 Å². The molecule has 0 saturated heterocycles. The first-order chi connectivity index (χ1) is 10.6. The van der Waals surface area contributed by atoms with E-state index in [-0.39, 0.29) is 0 Å². The van der Waals surface area contributed by atoms with Gasteiger partial charge >= 0.3 is 5.97 Å². The summed E-state index contributed by atoms with van der Waals surface area (Å²) < 4.78 is 15.3. The van der Waals surface area contributed by atoms with Gasteiger partial charge in [0.05, 0.1) is 26.4 Å². The lowest BCUT2D eigenvalue weighted by molar-refractivity contribution is 0.0600. The molecule has 0 bridgehead atoms. The first kappa shape index (κ1) is 22.9. The van der Waals surface area contributed by atoms with Crippen LogP contribution in [-0.2, 0) is 4.74 Å². The summed E-state index contributed by atoms with van der Waals surface area (Å²) in [5.74, 6) is 1.21. The van der Waals surface area contributed by atoms with Crippen LogP contribution in [0.5, 0.6) is 11.5 Å². The molecule has 0 N–H and O–H groups in total. The second kappa shape index (κ2) is 16.0. The van der Waals surface area contributed by atoms with Crippen LogP contribution in [0.3, 0.4) is 0 Å². The summed E-state index contributed by atoms with van der Waals surface area (Å²) in [6, 6.07) is 4.89. The molecule has 128 valence electrons. The van der Waals surface area contributed by atoms with E-state index in [1.807, 2.05) is 13.8 Å². The Morgan fingerprint density at radius 2 is 1.73 bits per heavy atom. The van der Waals surface area contributed by atoms with Gasteiger partial charge in [0.25, 0.3) is 0 Å². The average Bonchev–Trinajstić information content (AvgIpc) is 2.57. The Hall–Kier alpha value is -1.42. The van der Waals surface area contributed by atoms with Crippen molar-refractivity contribution in [3.63, 3.8) is 0 Å². The molecule has 22 heavy (non-hydrogen) atoms. The third-order valence-corrected chi connectivity index (χ3v) is 2.39. The van der Waals surface area contributed by atoms with Gasteiger partial charge < -0.3 is 14.2 Å². The monoisotopic (exact) mass is 332 g/mol. The molecule has 1 aromatic rings. The third-order valence-electron chi connectivity index (χ3n) is 2.12. The number of halogens is 1. The van der Waals surface area contributed by atoms with E-state index in [4.69, 9.17) is 21.1 Å². The predicted octanol–water partition coefficient (Wildman–Crippen LogP) is 4.93. The Morgan fingerprint density at radius 3 is 2.18 bits per heavy atom. The molecule has 0 aliphatic carbocycles. The summed E-state index contributed by atoms with van der Waals surface area (Å²) >= 11 is 5.56. The number of ether oxygens (including phenoxy) is 3. The van der Waals surface area contributed by atoms with E-state index in [1.165, 1.54) is 13.5 Å². The van der Waals surface area contributed by atoms with Crippen LogP contribution in [-0.4, -0.2) is 32.7 Å². The summed E-state index contributed by atoms with van der Waals surface area (Å²) in [4.78, 5) is 11.4. The van der Waals surface area contributed by atoms with E-state index < -0.39 is 5.97 Å². The topological polar surface area (TPSA) is 44.8 Å². The van der Waals surface area contributed by atoms with E-state index in [2.05, 4.69) is 18.6 Å². The summed E-state index contributed by atoms with van der Waals surface area (Å²) in [7, 11) is 2.88. The first-order valence-corrected chi connectivity index (χ1v) is 8.13. The standard InChI is InChI=1S/C12H15ClO4.C3H8.C2H6/c1-15-10-5-4-9(12(14)16-2)8-11(10)17-7-3-6-13;1-3-2;1-2/h4-5,8H,3,6-7H2,1-2H3;3H2,1-2H3;1-2H3. The molecule has 0 fully saturated rings. The minimum Gasteiger partial charge on any atom is -0.493 e. The predicted molar refractivity (Wildman–Crippen MR) is 92.5 cm³/mol. The number of esters is 1. The highest BCUT2D eigenvalue weighted by Gasteiger charge is 2.11. The van der Waals surface area contributed by atoms with Crippen molar-refractivity contribution in [1.29, 1.82) is 0 Å². The van der Waals surface area contributed by atoms with E-state index in [0.29, 0.717) is 29.5 Å². The number of methoxy groups -OCH3 is 2. The lowest BCUT2D eigenvalue weighted by atomic mass is 10.2. The molecular formula is C17H29ClO4. The molecule has 0 aliphatic heterocycles. The second-order valence-electron chi connectivity index (χ2n) is 3.96. The van der Waals surface area contributed by atoms with Crippen LogP contribution >= 0.6 is 11.6 Å². The zero-order chi connectivity index (χ0) is 17.4. The van der Waals surface area contributed by atoms with Crippen LogP contribution in [0.15, 0.2) is 18.2 Å². The normalized spacial score (nSPS) is 8.68. The van der Waals surface area contributed by atoms with Gasteiger partial charge in [-0.2, -0.15) is 0 Å². The highest BCUT2D eigenvalue weighted by atomic mass is 35.5. The lowest BCUT2D eigenvalue weighted by Crippen LogP contribution is -2.04. The maximum atomic E-state index is 11.4. The zero-order valence-electron chi connectivity index (χ0n) is 14.6. The Balaban J connectivity index is 0. The van der Waals surface area contributed by atoms with Gasteiger partial charge in [0.1, 0.15) is 0 Å². The quantitative estimate of drug-likeness (QED) is 0.421. The number of hydrogen-bond donors (Lipinski definition) is 0. The highest BCUT2D eigenvalue weighted by molar-refractivity contribution is 6.17. The fourth-order valence-electron chi connectivity index (χ4n) is 1.27. The van der Waals surface area contributed by atoms with E-state index in [0.717, 1.165) is 6.42 Å². The molecule has 5 heteroatoms. The van der Waals surface area contributed by atoms with Crippen molar-refractivity contribution >= 4 is 17.6 Å². The van der Waals surface area contributed by atoms with E-state index >= 15 is 0 Å². The van der Waals surface area contributed by atoms with Gasteiger partial charge in [0.15, 0.2) is 11.5 Å². The van der Waals surface area contributed by atoms with Crippen molar-refractivity contribution in [2.45, 2.75) is 40.5 Å². The van der Waals surface area contributed by atoms with Gasteiger partial charge in [-0.05, 0) is 24.6 Å². The fourth-order valence-corrected chi connectivity index (χ4v) is 1.38. The number of rotatable bonds is 6. The number of hydrogen-bond acceptors (Lipinski definition) is 4. The second-order valence-corrected chi connectivity index (χ2v) is 4.33. The molecule has 4 nitrogen and oxygen atoms in total. The number of benzene rings is 1. The van der Waals surface area contributed by atoms with Crippen LogP contribution in [0.1, 0.15) is 50.9 Å². The molecule has 0 unspecified atom stereocenters. The van der Waals surface area contributed by atoms with Crippen molar-refractivity contribution < 1.29 is 19.0 Å². The van der Waals surface area contributed by atoms with Gasteiger partial charge in [-0.15, -0.1) is 11.6 Å². The number of carbonyl (C=O) groups excluding carboxylic acids is 1. The van der Waals surface area contributed by atoms with Gasteiger partial charge in [-0.1, -0.05) is 34.1 Å². The lowest BCUT2D eigenvalue weighted by Gasteiger charge is -2.11. The summed E-state index contributed by atoms with van der Waals surface area (Å²) in [5.41, 5.74) is 0.425. The molecule has 1 rings (SSSR count). The van der Waals surface area contributed by atoms with Crippen LogP contribution < -0.4 is 9.47 Å². The van der Waals surface area contributed by atoms with Crippen LogP contribution in [0.2, 0.25) is 0 Å². The van der Waals surface area contributed by atoms with Crippen molar-refractivity contribution in [2.75, 3.05) is 26.7 Å². The number of carbonyl (C=O) groups is 1. The van der Waals surface area contributed by atoms with Gasteiger partial charge in [-0.3, -0.25) is 0 Å². The van der Waals surface area contributed by atoms with Gasteiger partial charge in [0, 0.05) is 5.88 Å². The van der Waals surface area contributed by atoms with E-state index in [9.17, 15) is 4.79 Å². The van der Waals surface area contributed by atoms with E-state index in [1.54, 1.807) is 25.3 Å². The average molecular weight is 333 g/mol. The zero-order valence-corrected chi connectivity index (χ0v) is 15.3. The largest absolute Gasteiger partial charge is 0.493 e. The van der Waals surface area contributed by atoms with Gasteiger partial charge in [-0.25, -0.2) is 4.79 Å². The van der Waals surface area contributed by atoms with Crippen molar-refractivity contribution in [2.24, 2.45) is 0 Å². The van der Waals surface area contributed by atoms with Crippen molar-refractivity contribution in [1.82, 2.24) is 0 Å². The molecule has 0 saturated carbocycles. The summed E-state index contributed by atoms with van der Waals surface area (Å²) in [5, 5.41) is 0. The molecule has 0 spiro atoms. The SMILES string of the molecule is CC.CCC.COC(=O)c1ccc(OC)c(OCCCCl)c1. The summed E-state index contributed by atoms with van der Waals surface area (Å²) in [6.07, 6.45) is 1.98. The van der Waals surface area contributed by atoms with Gasteiger partial charge in [0.2, 0.25) is 0 Å². The third kappa shape index (κ3) is 9.50. The Kier molecular flexibility index (Phi) is 16.6. The number of alkyl halides is 1. The molecule has 1 aromatic carbocycles. The maximum absolute atomic E-state index is 11.4. The summed E-state index contributed by atoms with van der Waals surface area (Å²) in [6.45, 7) is 8.73.